The van der Waals surface area contributed by atoms with Gasteiger partial charge in [0.1, 0.15) is 0 Å². The van der Waals surface area contributed by atoms with Crippen LogP contribution in [0.25, 0.3) is 0 Å². The fourth-order valence-electron chi connectivity index (χ4n) is 1.04. The summed E-state index contributed by atoms with van der Waals surface area (Å²) in [5, 5.41) is 0. The normalized spacial score (nSPS) is 10.1. The molecule has 2 nitrogen and oxygen atoms in total. The minimum atomic E-state index is -0.256. The third kappa shape index (κ3) is 4.10. The second-order valence-electron chi connectivity index (χ2n) is 3.11. The van der Waals surface area contributed by atoms with Crippen LogP contribution in [0.5, 0.6) is 0 Å². The summed E-state index contributed by atoms with van der Waals surface area (Å²) in [5.74, 6) is -0.256. The maximum Gasteiger partial charge on any atom is 0.339 e. The number of ether oxygens (including phenoxy) is 1. The van der Waals surface area contributed by atoms with Crippen LogP contribution >= 0.6 is 38.5 Å². The zero-order valence-electron chi connectivity index (χ0n) is 8.43. The van der Waals surface area contributed by atoms with Crippen LogP contribution in [0, 0.1) is 3.57 Å². The molecule has 15 heavy (non-hydrogen) atoms. The number of benzene rings is 1. The van der Waals surface area contributed by atoms with Crippen LogP contribution in [0.3, 0.4) is 0 Å². The average Bonchev–Trinajstić information content (AvgIpc) is 2.22. The number of hydrogen-bond donors (Lipinski definition) is 0. The van der Waals surface area contributed by atoms with E-state index >= 15 is 0 Å². The van der Waals surface area contributed by atoms with E-state index in [9.17, 15) is 4.79 Å². The van der Waals surface area contributed by atoms with Gasteiger partial charge in [0.2, 0.25) is 0 Å². The minimum absolute atomic E-state index is 0.256. The number of esters is 1. The van der Waals surface area contributed by atoms with Crippen molar-refractivity contribution in [2.75, 3.05) is 6.61 Å². The molecule has 0 aliphatic heterocycles. The molecule has 0 aliphatic rings. The Bertz CT molecular complexity index is 352. The fourth-order valence-corrected chi connectivity index (χ4v) is 1.94. The molecule has 0 heterocycles. The zero-order valence-corrected chi connectivity index (χ0v) is 12.2. The first-order valence-electron chi connectivity index (χ1n) is 4.77. The molecular formula is C11H12BrIO2. The lowest BCUT2D eigenvalue weighted by Gasteiger charge is -2.05. The van der Waals surface area contributed by atoms with E-state index in [0.717, 1.165) is 20.9 Å². The quantitative estimate of drug-likeness (QED) is 0.446. The summed E-state index contributed by atoms with van der Waals surface area (Å²) in [5.41, 5.74) is 0.595. The van der Waals surface area contributed by atoms with Crippen molar-refractivity contribution in [1.82, 2.24) is 0 Å². The van der Waals surface area contributed by atoms with Gasteiger partial charge in [-0.15, -0.1) is 0 Å². The molecule has 0 amide bonds. The van der Waals surface area contributed by atoms with Gasteiger partial charge in [0.25, 0.3) is 0 Å². The van der Waals surface area contributed by atoms with Crippen LogP contribution in [0.15, 0.2) is 22.7 Å². The van der Waals surface area contributed by atoms with Gasteiger partial charge in [-0.1, -0.05) is 13.3 Å². The molecule has 4 heteroatoms. The van der Waals surface area contributed by atoms with Gasteiger partial charge in [0.15, 0.2) is 0 Å². The van der Waals surface area contributed by atoms with Gasteiger partial charge in [0.05, 0.1) is 12.2 Å². The van der Waals surface area contributed by atoms with Gasteiger partial charge < -0.3 is 4.74 Å². The summed E-state index contributed by atoms with van der Waals surface area (Å²) < 4.78 is 6.94. The Kier molecular flexibility index (Phi) is 5.60. The molecular weight excluding hydrogens is 371 g/mol. The summed E-state index contributed by atoms with van der Waals surface area (Å²) >= 11 is 5.51. The van der Waals surface area contributed by atoms with Crippen LogP contribution in [0.1, 0.15) is 30.1 Å². The first kappa shape index (κ1) is 13.0. The van der Waals surface area contributed by atoms with Gasteiger partial charge in [-0.3, -0.25) is 0 Å². The first-order chi connectivity index (χ1) is 7.15. The van der Waals surface area contributed by atoms with Crippen molar-refractivity contribution in [2.24, 2.45) is 0 Å². The number of carbonyl (C=O) groups is 1. The lowest BCUT2D eigenvalue weighted by molar-refractivity contribution is 0.0498. The Labute approximate surface area is 112 Å². The molecule has 0 saturated heterocycles. The second kappa shape index (κ2) is 6.48. The topological polar surface area (TPSA) is 26.3 Å². The van der Waals surface area contributed by atoms with Crippen molar-refractivity contribution in [3.8, 4) is 0 Å². The highest BCUT2D eigenvalue weighted by Crippen LogP contribution is 2.20. The third-order valence-electron chi connectivity index (χ3n) is 1.88. The van der Waals surface area contributed by atoms with Crippen molar-refractivity contribution in [3.63, 3.8) is 0 Å². The Morgan fingerprint density at radius 2 is 2.27 bits per heavy atom. The van der Waals surface area contributed by atoms with E-state index in [1.807, 2.05) is 18.2 Å². The Hall–Kier alpha value is -0.100. The van der Waals surface area contributed by atoms with E-state index < -0.39 is 0 Å². The molecule has 0 bridgehead atoms. The van der Waals surface area contributed by atoms with Gasteiger partial charge in [-0.2, -0.15) is 0 Å². The van der Waals surface area contributed by atoms with Crippen molar-refractivity contribution >= 4 is 44.5 Å². The summed E-state index contributed by atoms with van der Waals surface area (Å²) in [7, 11) is 0. The highest BCUT2D eigenvalue weighted by Gasteiger charge is 2.11. The smallest absolute Gasteiger partial charge is 0.339 e. The zero-order chi connectivity index (χ0) is 11.3. The van der Waals surface area contributed by atoms with E-state index in [2.05, 4.69) is 45.4 Å². The third-order valence-corrected chi connectivity index (χ3v) is 3.24. The molecule has 82 valence electrons. The fraction of sp³-hybridized carbons (Fsp3) is 0.364. The van der Waals surface area contributed by atoms with Gasteiger partial charge in [-0.05, 0) is 63.1 Å². The second-order valence-corrected chi connectivity index (χ2v) is 5.21. The lowest BCUT2D eigenvalue weighted by atomic mass is 10.2. The van der Waals surface area contributed by atoms with Crippen LogP contribution in [0.4, 0.5) is 0 Å². The predicted molar refractivity (Wildman–Crippen MR) is 72.0 cm³/mol. The summed E-state index contributed by atoms with van der Waals surface area (Å²) in [6, 6.07) is 5.62. The molecule has 0 N–H and O–H groups in total. The maximum atomic E-state index is 11.6. The number of hydrogen-bond acceptors (Lipinski definition) is 2. The van der Waals surface area contributed by atoms with Crippen molar-refractivity contribution in [1.29, 1.82) is 0 Å². The van der Waals surface area contributed by atoms with Gasteiger partial charge in [-0.25, -0.2) is 4.79 Å². The van der Waals surface area contributed by atoms with E-state index in [4.69, 9.17) is 4.74 Å². The Morgan fingerprint density at radius 1 is 1.53 bits per heavy atom. The predicted octanol–water partition coefficient (Wildman–Crippen LogP) is 4.01. The number of halogens is 2. The molecule has 0 aromatic heterocycles. The average molecular weight is 383 g/mol. The van der Waals surface area contributed by atoms with E-state index in [-0.39, 0.29) is 5.97 Å². The summed E-state index contributed by atoms with van der Waals surface area (Å²) in [6.07, 6.45) is 1.94. The molecule has 0 radical (unpaired) electrons. The number of unbranched alkanes of at least 4 members (excludes halogenated alkanes) is 1. The van der Waals surface area contributed by atoms with Crippen LogP contribution < -0.4 is 0 Å². The Morgan fingerprint density at radius 3 is 2.93 bits per heavy atom. The highest BCUT2D eigenvalue weighted by molar-refractivity contribution is 14.1. The molecule has 1 rings (SSSR count). The maximum absolute atomic E-state index is 11.6. The van der Waals surface area contributed by atoms with E-state index in [1.165, 1.54) is 0 Å². The van der Waals surface area contributed by atoms with Crippen molar-refractivity contribution < 1.29 is 9.53 Å². The minimum Gasteiger partial charge on any atom is -0.462 e. The summed E-state index contributed by atoms with van der Waals surface area (Å²) in [6.45, 7) is 2.56. The van der Waals surface area contributed by atoms with E-state index in [1.54, 1.807) is 0 Å². The first-order valence-corrected chi connectivity index (χ1v) is 6.64. The molecule has 0 atom stereocenters. The summed E-state index contributed by atoms with van der Waals surface area (Å²) in [4.78, 5) is 11.6. The van der Waals surface area contributed by atoms with Gasteiger partial charge >= 0.3 is 5.97 Å². The highest BCUT2D eigenvalue weighted by atomic mass is 127. The van der Waals surface area contributed by atoms with Crippen molar-refractivity contribution in [3.05, 3.63) is 31.8 Å². The molecule has 0 aliphatic carbocycles. The van der Waals surface area contributed by atoms with Crippen LogP contribution in [-0.2, 0) is 4.74 Å². The Balaban J connectivity index is 2.68. The van der Waals surface area contributed by atoms with Gasteiger partial charge in [0, 0.05) is 8.04 Å². The largest absolute Gasteiger partial charge is 0.462 e. The number of carbonyl (C=O) groups excluding carboxylic acids is 1. The van der Waals surface area contributed by atoms with Crippen LogP contribution in [0.2, 0.25) is 0 Å². The standard InChI is InChI=1S/C11H12BrIO2/c1-2-3-6-15-11(14)9-7-8(13)4-5-10(9)12/h4-5,7H,2-3,6H2,1H3. The molecule has 0 unspecified atom stereocenters. The molecule has 1 aromatic carbocycles. The molecule has 0 spiro atoms. The van der Waals surface area contributed by atoms with Crippen LogP contribution in [-0.4, -0.2) is 12.6 Å². The molecule has 0 fully saturated rings. The monoisotopic (exact) mass is 382 g/mol. The molecule has 0 saturated carbocycles. The molecule has 1 aromatic rings. The van der Waals surface area contributed by atoms with Crippen molar-refractivity contribution in [2.45, 2.75) is 19.8 Å². The number of rotatable bonds is 4. The van der Waals surface area contributed by atoms with E-state index in [0.29, 0.717) is 12.2 Å². The lowest BCUT2D eigenvalue weighted by Crippen LogP contribution is -2.07. The SMILES string of the molecule is CCCCOC(=O)c1cc(I)ccc1Br.